The maximum absolute atomic E-state index is 13.3. The fraction of sp³-hybridized carbons (Fsp3) is 0.667. The smallest absolute Gasteiger partial charge is 0.326 e. The third kappa shape index (κ3) is 6.61. The number of β-lactam (4-membered cyclic amide) rings is 1. The molecular weight excluding hydrogens is 444 g/mol. The molecule has 1 aromatic rings. The second-order valence-corrected chi connectivity index (χ2v) is 9.23. The Balaban J connectivity index is 2.14. The molecule has 0 aliphatic carbocycles. The van der Waals surface area contributed by atoms with Crippen molar-refractivity contribution in [2.75, 3.05) is 32.8 Å². The van der Waals surface area contributed by atoms with Crippen molar-refractivity contribution in [3.63, 3.8) is 0 Å². The zero-order chi connectivity index (χ0) is 26.0. The number of imide groups is 1. The number of hydrogen-bond acceptors (Lipinski definition) is 5. The summed E-state index contributed by atoms with van der Waals surface area (Å²) in [5.41, 5.74) is 1.36. The van der Waals surface area contributed by atoms with E-state index >= 15 is 0 Å². The summed E-state index contributed by atoms with van der Waals surface area (Å²) in [6.45, 7) is 14.4. The zero-order valence-electron chi connectivity index (χ0n) is 22.4. The zero-order valence-corrected chi connectivity index (χ0v) is 22.4. The lowest BCUT2D eigenvalue weighted by Gasteiger charge is -2.53. The second-order valence-electron chi connectivity index (χ2n) is 9.23. The highest BCUT2D eigenvalue weighted by Crippen LogP contribution is 2.46. The van der Waals surface area contributed by atoms with Crippen molar-refractivity contribution in [2.24, 2.45) is 5.41 Å². The first-order chi connectivity index (χ1) is 16.8. The van der Waals surface area contributed by atoms with Crippen LogP contribution in [0.25, 0.3) is 0 Å². The average Bonchev–Trinajstić information content (AvgIpc) is 2.85. The summed E-state index contributed by atoms with van der Waals surface area (Å²) < 4.78 is 6.03. The van der Waals surface area contributed by atoms with Crippen LogP contribution in [0.2, 0.25) is 0 Å². The van der Waals surface area contributed by atoms with E-state index in [1.54, 1.807) is 4.90 Å². The van der Waals surface area contributed by atoms with Crippen LogP contribution in [-0.4, -0.2) is 66.7 Å². The molecular formula is C27H44N4O4. The Morgan fingerprint density at radius 2 is 1.77 bits per heavy atom. The van der Waals surface area contributed by atoms with Crippen molar-refractivity contribution in [3.05, 3.63) is 35.4 Å². The van der Waals surface area contributed by atoms with E-state index in [0.717, 1.165) is 30.5 Å². The van der Waals surface area contributed by atoms with Gasteiger partial charge in [-0.3, -0.25) is 9.59 Å². The Morgan fingerprint density at radius 1 is 1.11 bits per heavy atom. The highest BCUT2D eigenvalue weighted by Gasteiger charge is 2.62. The van der Waals surface area contributed by atoms with Crippen LogP contribution in [0, 0.1) is 12.3 Å². The number of ether oxygens (including phenoxy) is 1. The number of carbonyl (C=O) groups is 3. The van der Waals surface area contributed by atoms with E-state index in [1.165, 1.54) is 4.90 Å². The predicted octanol–water partition coefficient (Wildman–Crippen LogP) is 4.00. The van der Waals surface area contributed by atoms with Crippen LogP contribution in [-0.2, 0) is 14.3 Å². The lowest BCUT2D eigenvalue weighted by atomic mass is 9.72. The van der Waals surface area contributed by atoms with E-state index in [2.05, 4.69) is 17.6 Å². The van der Waals surface area contributed by atoms with Gasteiger partial charge in [0.2, 0.25) is 11.8 Å². The van der Waals surface area contributed by atoms with E-state index < -0.39 is 17.7 Å². The SMILES string of the molecule is CCC[C@@H](NC(=O)N1C(=O)C(CC)(CC)[C@@H]1OCC(=O)N(CC)CCNCC)c1ccc(C)cc1. The van der Waals surface area contributed by atoms with Crippen molar-refractivity contribution in [3.8, 4) is 0 Å². The molecule has 1 aliphatic rings. The molecule has 4 amide bonds. The molecule has 2 atom stereocenters. The number of aryl methyl sites for hydroxylation is 1. The molecule has 2 N–H and O–H groups in total. The molecule has 35 heavy (non-hydrogen) atoms. The lowest BCUT2D eigenvalue weighted by molar-refractivity contribution is -0.212. The summed E-state index contributed by atoms with van der Waals surface area (Å²) in [6.07, 6.45) is 1.96. The monoisotopic (exact) mass is 488 g/mol. The molecule has 0 radical (unpaired) electrons. The van der Waals surface area contributed by atoms with Crippen LogP contribution < -0.4 is 10.6 Å². The molecule has 0 bridgehead atoms. The Kier molecular flexibility index (Phi) is 11.2. The Labute approximate surface area is 210 Å². The van der Waals surface area contributed by atoms with Gasteiger partial charge in [-0.2, -0.15) is 0 Å². The van der Waals surface area contributed by atoms with Crippen LogP contribution in [0.3, 0.4) is 0 Å². The molecule has 1 aliphatic heterocycles. The summed E-state index contributed by atoms with van der Waals surface area (Å²) in [6, 6.07) is 7.38. The summed E-state index contributed by atoms with van der Waals surface area (Å²) in [4.78, 5) is 42.2. The van der Waals surface area contributed by atoms with Gasteiger partial charge in [0.1, 0.15) is 6.61 Å². The van der Waals surface area contributed by atoms with Gasteiger partial charge in [0.05, 0.1) is 11.5 Å². The summed E-state index contributed by atoms with van der Waals surface area (Å²) in [7, 11) is 0. The van der Waals surface area contributed by atoms with Gasteiger partial charge in [-0.05, 0) is 45.2 Å². The Morgan fingerprint density at radius 3 is 2.31 bits per heavy atom. The minimum atomic E-state index is -0.789. The fourth-order valence-corrected chi connectivity index (χ4v) is 4.69. The lowest BCUT2D eigenvalue weighted by Crippen LogP contribution is -2.72. The number of amides is 4. The van der Waals surface area contributed by atoms with Gasteiger partial charge in [-0.15, -0.1) is 0 Å². The largest absolute Gasteiger partial charge is 0.347 e. The van der Waals surface area contributed by atoms with Crippen LogP contribution in [0.5, 0.6) is 0 Å². The molecule has 1 saturated heterocycles. The number of likely N-dealkylation sites (tertiary alicyclic amines) is 1. The number of nitrogens with one attached hydrogen (secondary N) is 2. The van der Waals surface area contributed by atoms with E-state index in [4.69, 9.17) is 4.74 Å². The number of carbonyl (C=O) groups excluding carboxylic acids is 3. The van der Waals surface area contributed by atoms with Crippen molar-refractivity contribution < 1.29 is 19.1 Å². The summed E-state index contributed by atoms with van der Waals surface area (Å²) in [5, 5.41) is 6.26. The molecule has 1 fully saturated rings. The third-order valence-corrected chi connectivity index (χ3v) is 7.09. The average molecular weight is 489 g/mol. The number of benzene rings is 1. The van der Waals surface area contributed by atoms with Gasteiger partial charge in [0.15, 0.2) is 6.23 Å². The van der Waals surface area contributed by atoms with Gasteiger partial charge in [0, 0.05) is 19.6 Å². The minimum Gasteiger partial charge on any atom is -0.347 e. The number of hydrogen-bond donors (Lipinski definition) is 2. The first-order valence-electron chi connectivity index (χ1n) is 13.1. The van der Waals surface area contributed by atoms with E-state index in [9.17, 15) is 14.4 Å². The quantitative estimate of drug-likeness (QED) is 0.305. The highest BCUT2D eigenvalue weighted by molar-refractivity contribution is 6.03. The van der Waals surface area contributed by atoms with E-state index in [0.29, 0.717) is 32.5 Å². The molecule has 0 saturated carbocycles. The van der Waals surface area contributed by atoms with Crippen molar-refractivity contribution in [2.45, 2.75) is 79.5 Å². The molecule has 0 aromatic heterocycles. The van der Waals surface area contributed by atoms with Crippen molar-refractivity contribution in [1.29, 1.82) is 0 Å². The first kappa shape index (κ1) is 28.8. The van der Waals surface area contributed by atoms with Crippen molar-refractivity contribution >= 4 is 17.8 Å². The van der Waals surface area contributed by atoms with E-state index in [-0.39, 0.29) is 24.5 Å². The molecule has 1 heterocycles. The molecule has 8 heteroatoms. The number of urea groups is 1. The van der Waals surface area contributed by atoms with Gasteiger partial charge in [-0.25, -0.2) is 9.69 Å². The topological polar surface area (TPSA) is 91.0 Å². The van der Waals surface area contributed by atoms with Crippen LogP contribution in [0.4, 0.5) is 4.79 Å². The van der Waals surface area contributed by atoms with Gasteiger partial charge < -0.3 is 20.3 Å². The van der Waals surface area contributed by atoms with Crippen molar-refractivity contribution in [1.82, 2.24) is 20.4 Å². The van der Waals surface area contributed by atoms with Gasteiger partial charge >= 0.3 is 6.03 Å². The molecule has 1 aromatic carbocycles. The standard InChI is InChI=1S/C27H44N4O4/c1-7-12-22(21-15-13-20(6)14-16-21)29-26(34)31-24(33)27(8-2,9-3)25(31)35-19-23(32)30(11-5)18-17-28-10-4/h13-16,22,25,28H,7-12,17-19H2,1-6H3,(H,29,34)/t22-,25+/m1/s1. The third-order valence-electron chi connectivity index (χ3n) is 7.09. The molecule has 0 unspecified atom stereocenters. The van der Waals surface area contributed by atoms with Crippen LogP contribution >= 0.6 is 0 Å². The van der Waals surface area contributed by atoms with Crippen LogP contribution in [0.15, 0.2) is 24.3 Å². The minimum absolute atomic E-state index is 0.144. The molecule has 8 nitrogen and oxygen atoms in total. The number of rotatable bonds is 14. The first-order valence-corrected chi connectivity index (χ1v) is 13.1. The fourth-order valence-electron chi connectivity index (χ4n) is 4.69. The Bertz CT molecular complexity index is 838. The van der Waals surface area contributed by atoms with Gasteiger partial charge in [-0.1, -0.05) is 63.9 Å². The number of nitrogens with zero attached hydrogens (tertiary/aromatic N) is 2. The maximum atomic E-state index is 13.3. The summed E-state index contributed by atoms with van der Waals surface area (Å²) in [5.74, 6) is -0.383. The van der Waals surface area contributed by atoms with Crippen LogP contribution in [0.1, 0.15) is 77.5 Å². The normalized spacial score (nSPS) is 17.6. The molecule has 0 spiro atoms. The highest BCUT2D eigenvalue weighted by atomic mass is 16.5. The van der Waals surface area contributed by atoms with Gasteiger partial charge in [0.25, 0.3) is 0 Å². The summed E-state index contributed by atoms with van der Waals surface area (Å²) >= 11 is 0. The van der Waals surface area contributed by atoms with E-state index in [1.807, 2.05) is 58.9 Å². The Hall–Kier alpha value is -2.45. The second kappa shape index (κ2) is 13.6. The maximum Gasteiger partial charge on any atom is 0.326 e. The predicted molar refractivity (Wildman–Crippen MR) is 138 cm³/mol. The number of likely N-dealkylation sites (N-methyl/N-ethyl adjacent to an activating group) is 2. The molecule has 2 rings (SSSR count). The molecule has 196 valence electrons.